The van der Waals surface area contributed by atoms with Gasteiger partial charge in [-0.25, -0.2) is 9.97 Å². The Kier molecular flexibility index (Phi) is 8.48. The topological polar surface area (TPSA) is 94.8 Å². The predicted molar refractivity (Wildman–Crippen MR) is 147 cm³/mol. The van der Waals surface area contributed by atoms with Gasteiger partial charge in [0.25, 0.3) is 5.91 Å². The Bertz CT molecular complexity index is 1270. The van der Waals surface area contributed by atoms with Gasteiger partial charge in [-0.2, -0.15) is 0 Å². The summed E-state index contributed by atoms with van der Waals surface area (Å²) in [6, 6.07) is 3.57. The van der Waals surface area contributed by atoms with Crippen LogP contribution in [0.25, 0.3) is 5.78 Å². The number of aromatic nitrogens is 3. The minimum absolute atomic E-state index is 0.0577. The number of likely N-dealkylation sites (tertiary alicyclic amines) is 1. The lowest BCUT2D eigenvalue weighted by Crippen LogP contribution is -2.46. The SMILES string of the molecule is C=CCOc1cc(C)c(Cl)cc1C(N[S@@+]([O-])C(C)(C)C)C1CCN(C(=O)c2cnc3nccn3c2)CC1. The van der Waals surface area contributed by atoms with E-state index in [0.717, 1.165) is 24.0 Å². The number of nitrogens with one attached hydrogen (secondary N) is 1. The second-order valence-corrected chi connectivity index (χ2v) is 12.7. The molecular formula is C27H34ClN5O3S. The van der Waals surface area contributed by atoms with Crippen LogP contribution in [0.15, 0.2) is 49.6 Å². The van der Waals surface area contributed by atoms with E-state index in [1.807, 2.05) is 44.7 Å². The summed E-state index contributed by atoms with van der Waals surface area (Å²) in [6.07, 6.45) is 9.93. The molecule has 4 rings (SSSR count). The van der Waals surface area contributed by atoms with Crippen molar-refractivity contribution >= 4 is 34.6 Å². The fourth-order valence-corrected chi connectivity index (χ4v) is 5.51. The van der Waals surface area contributed by atoms with Crippen LogP contribution in [-0.4, -0.2) is 54.2 Å². The first kappa shape index (κ1) is 27.4. The van der Waals surface area contributed by atoms with Crippen LogP contribution in [-0.2, 0) is 11.4 Å². The van der Waals surface area contributed by atoms with E-state index in [1.165, 1.54) is 0 Å². The lowest BCUT2D eigenvalue weighted by molar-refractivity contribution is 0.0673. The third-order valence-electron chi connectivity index (χ3n) is 6.56. The van der Waals surface area contributed by atoms with Gasteiger partial charge in [-0.3, -0.25) is 9.20 Å². The van der Waals surface area contributed by atoms with Gasteiger partial charge in [0.1, 0.15) is 17.1 Å². The number of carbonyl (C=O) groups is 1. The van der Waals surface area contributed by atoms with Gasteiger partial charge in [-0.05, 0) is 64.2 Å². The highest BCUT2D eigenvalue weighted by Gasteiger charge is 2.37. The molecule has 0 bridgehead atoms. The fraction of sp³-hybridized carbons (Fsp3) is 0.444. The molecule has 37 heavy (non-hydrogen) atoms. The number of rotatable bonds is 8. The average Bonchev–Trinajstić information content (AvgIpc) is 3.35. The average molecular weight is 544 g/mol. The number of halogens is 1. The van der Waals surface area contributed by atoms with Crippen molar-refractivity contribution in [2.45, 2.75) is 51.3 Å². The Morgan fingerprint density at radius 2 is 2.08 bits per heavy atom. The molecule has 0 radical (unpaired) electrons. The van der Waals surface area contributed by atoms with Crippen LogP contribution in [0.4, 0.5) is 0 Å². The maximum atomic E-state index is 13.2. The first-order valence-corrected chi connectivity index (χ1v) is 13.9. The molecule has 1 unspecified atom stereocenters. The van der Waals surface area contributed by atoms with Gasteiger partial charge in [0.2, 0.25) is 5.78 Å². The molecular weight excluding hydrogens is 510 g/mol. The van der Waals surface area contributed by atoms with E-state index in [0.29, 0.717) is 41.8 Å². The standard InChI is InChI=1S/C27H34ClN5O3S/c1-6-13-36-23-14-18(2)22(28)15-21(23)24(31-37(35)27(3,4)5)19-7-10-32(11-8-19)25(34)20-16-30-26-29-9-12-33(26)17-20/h6,9,12,14-17,19,24,31H,1,7-8,10-11,13H2,2-5H3/t24?,37-/m0/s1. The summed E-state index contributed by atoms with van der Waals surface area (Å²) in [4.78, 5) is 23.5. The maximum absolute atomic E-state index is 13.2. The van der Waals surface area contributed by atoms with Crippen molar-refractivity contribution in [2.24, 2.45) is 5.92 Å². The third-order valence-corrected chi connectivity index (χ3v) is 8.55. The lowest BCUT2D eigenvalue weighted by Gasteiger charge is -2.38. The van der Waals surface area contributed by atoms with Gasteiger partial charge < -0.3 is 14.2 Å². The molecule has 10 heteroatoms. The number of benzene rings is 1. The summed E-state index contributed by atoms with van der Waals surface area (Å²) in [7, 11) is 0. The highest BCUT2D eigenvalue weighted by molar-refractivity contribution is 7.90. The molecule has 0 saturated carbocycles. The molecule has 3 heterocycles. The van der Waals surface area contributed by atoms with Gasteiger partial charge in [-0.15, -0.1) is 4.72 Å². The molecule has 1 N–H and O–H groups in total. The molecule has 2 aromatic heterocycles. The zero-order valence-electron chi connectivity index (χ0n) is 21.7. The van der Waals surface area contributed by atoms with Crippen molar-refractivity contribution < 1.29 is 14.1 Å². The van der Waals surface area contributed by atoms with E-state index in [4.69, 9.17) is 16.3 Å². The number of hydrogen-bond donors (Lipinski definition) is 1. The van der Waals surface area contributed by atoms with Crippen LogP contribution in [0.3, 0.4) is 0 Å². The van der Waals surface area contributed by atoms with Crippen LogP contribution in [0, 0.1) is 12.8 Å². The van der Waals surface area contributed by atoms with Crippen molar-refractivity contribution in [1.82, 2.24) is 24.0 Å². The van der Waals surface area contributed by atoms with Crippen LogP contribution in [0.1, 0.15) is 61.1 Å². The number of imidazole rings is 1. The van der Waals surface area contributed by atoms with Crippen molar-refractivity contribution in [3.05, 3.63) is 71.3 Å². The molecule has 1 amide bonds. The Balaban J connectivity index is 1.57. The predicted octanol–water partition coefficient (Wildman–Crippen LogP) is 4.90. The lowest BCUT2D eigenvalue weighted by atomic mass is 9.85. The van der Waals surface area contributed by atoms with Gasteiger partial charge in [0.15, 0.2) is 0 Å². The molecule has 1 aliphatic rings. The van der Waals surface area contributed by atoms with E-state index < -0.39 is 16.1 Å². The summed E-state index contributed by atoms with van der Waals surface area (Å²) in [6.45, 7) is 13.0. The number of amides is 1. The van der Waals surface area contributed by atoms with Gasteiger partial charge in [0.05, 0.1) is 11.6 Å². The minimum atomic E-state index is -1.32. The van der Waals surface area contributed by atoms with Crippen molar-refractivity contribution in [1.29, 1.82) is 0 Å². The highest BCUT2D eigenvalue weighted by atomic mass is 35.5. The third kappa shape index (κ3) is 6.29. The monoisotopic (exact) mass is 543 g/mol. The smallest absolute Gasteiger partial charge is 0.256 e. The van der Waals surface area contributed by atoms with Crippen molar-refractivity contribution in [3.8, 4) is 5.75 Å². The maximum Gasteiger partial charge on any atom is 0.256 e. The van der Waals surface area contributed by atoms with Crippen LogP contribution >= 0.6 is 11.6 Å². The number of nitrogens with zero attached hydrogens (tertiary/aromatic N) is 4. The molecule has 0 aliphatic carbocycles. The zero-order chi connectivity index (χ0) is 26.7. The second-order valence-electron chi connectivity index (χ2n) is 10.3. The molecule has 2 atom stereocenters. The second kappa shape index (κ2) is 11.4. The summed E-state index contributed by atoms with van der Waals surface area (Å²) < 4.78 is 23.9. The normalized spacial score (nSPS) is 16.5. The van der Waals surface area contributed by atoms with Gasteiger partial charge in [0, 0.05) is 59.8 Å². The number of ether oxygens (including phenoxy) is 1. The minimum Gasteiger partial charge on any atom is -0.598 e. The Labute approximate surface area is 226 Å². The van der Waals surface area contributed by atoms with E-state index in [1.54, 1.807) is 35.3 Å². The largest absolute Gasteiger partial charge is 0.598 e. The van der Waals surface area contributed by atoms with Crippen LogP contribution in [0.2, 0.25) is 5.02 Å². The van der Waals surface area contributed by atoms with Gasteiger partial charge in [-0.1, -0.05) is 24.3 Å². The fourth-order valence-electron chi connectivity index (χ4n) is 4.44. The van der Waals surface area contributed by atoms with Crippen molar-refractivity contribution in [3.63, 3.8) is 0 Å². The van der Waals surface area contributed by atoms with E-state index in [9.17, 15) is 9.35 Å². The molecule has 1 fully saturated rings. The Morgan fingerprint density at radius 1 is 1.35 bits per heavy atom. The number of aryl methyl sites for hydroxylation is 1. The molecule has 3 aromatic rings. The molecule has 1 aliphatic heterocycles. The summed E-state index contributed by atoms with van der Waals surface area (Å²) in [5.74, 6) is 1.32. The Morgan fingerprint density at radius 3 is 2.76 bits per heavy atom. The number of hydrogen-bond acceptors (Lipinski definition) is 6. The van der Waals surface area contributed by atoms with Crippen LogP contribution in [0.5, 0.6) is 5.75 Å². The molecule has 8 nitrogen and oxygen atoms in total. The molecule has 198 valence electrons. The molecule has 0 spiro atoms. The van der Waals surface area contributed by atoms with E-state index in [2.05, 4.69) is 21.3 Å². The number of carbonyl (C=O) groups excluding carboxylic acids is 1. The first-order valence-electron chi connectivity index (χ1n) is 12.4. The molecule has 1 aromatic carbocycles. The van der Waals surface area contributed by atoms with Crippen LogP contribution < -0.4 is 9.46 Å². The summed E-state index contributed by atoms with van der Waals surface area (Å²) in [5, 5.41) is 0.629. The summed E-state index contributed by atoms with van der Waals surface area (Å²) >= 11 is 5.23. The van der Waals surface area contributed by atoms with E-state index >= 15 is 0 Å². The first-order chi connectivity index (χ1) is 17.6. The number of piperidine rings is 1. The molecule has 1 saturated heterocycles. The van der Waals surface area contributed by atoms with Crippen molar-refractivity contribution in [2.75, 3.05) is 19.7 Å². The number of fused-ring (bicyclic) bond motifs is 1. The Hall–Kier alpha value is -2.59. The highest BCUT2D eigenvalue weighted by Crippen LogP contribution is 2.39. The van der Waals surface area contributed by atoms with E-state index in [-0.39, 0.29) is 17.9 Å². The zero-order valence-corrected chi connectivity index (χ0v) is 23.3. The quantitative estimate of drug-likeness (QED) is 0.321. The summed E-state index contributed by atoms with van der Waals surface area (Å²) in [5.41, 5.74) is 2.30. The van der Waals surface area contributed by atoms with Gasteiger partial charge >= 0.3 is 0 Å².